The van der Waals surface area contributed by atoms with E-state index in [4.69, 9.17) is 4.74 Å². The normalized spacial score (nSPS) is 25.0. The van der Waals surface area contributed by atoms with Gasteiger partial charge in [-0.2, -0.15) is 0 Å². The minimum absolute atomic E-state index is 0.0792. The predicted molar refractivity (Wildman–Crippen MR) is 147 cm³/mol. The zero-order chi connectivity index (χ0) is 24.8. The van der Waals surface area contributed by atoms with Crippen molar-refractivity contribution in [3.63, 3.8) is 0 Å². The Balaban J connectivity index is 1.12. The Kier molecular flexibility index (Phi) is 5.46. The van der Waals surface area contributed by atoms with Crippen LogP contribution in [0.3, 0.4) is 0 Å². The molecular weight excluding hydrogens is 456 g/mol. The highest BCUT2D eigenvalue weighted by molar-refractivity contribution is 6.04. The van der Waals surface area contributed by atoms with Gasteiger partial charge in [0.2, 0.25) is 0 Å². The molecule has 5 atom stereocenters. The van der Waals surface area contributed by atoms with Crippen LogP contribution in [0, 0.1) is 17.8 Å². The maximum atomic E-state index is 13.3. The van der Waals surface area contributed by atoms with Gasteiger partial charge in [0.15, 0.2) is 0 Å². The lowest BCUT2D eigenvalue weighted by atomic mass is 9.68. The predicted octanol–water partition coefficient (Wildman–Crippen LogP) is 8.03. The van der Waals surface area contributed by atoms with E-state index < -0.39 is 0 Å². The Morgan fingerprint density at radius 1 is 0.784 bits per heavy atom. The minimum Gasteiger partial charge on any atom is -0.457 e. The molecule has 0 unspecified atom stereocenters. The molecule has 7 rings (SSSR count). The standard InChI is InChI=1S/C33H30N2O2/c36-33(34-25-14-16-27(17-15-25)37-26-9-5-2-6-10-26)24-13-18-29-28(20-24)30-22-11-12-23(19-22)31(30)32(35-29)21-7-3-1-4-8-21/h1-10,13-18,20,22-23,30-32,35H,11-12,19H2,(H,34,36)/t22-,23-,30-,31+,32-/m0/s1. The molecule has 4 nitrogen and oxygen atoms in total. The van der Waals surface area contributed by atoms with E-state index >= 15 is 0 Å². The molecule has 0 radical (unpaired) electrons. The van der Waals surface area contributed by atoms with Gasteiger partial charge in [-0.25, -0.2) is 0 Å². The second-order valence-electron chi connectivity index (χ2n) is 10.7. The van der Waals surface area contributed by atoms with Crippen LogP contribution in [-0.4, -0.2) is 5.91 Å². The maximum absolute atomic E-state index is 13.3. The number of hydrogen-bond acceptors (Lipinski definition) is 3. The van der Waals surface area contributed by atoms with Crippen molar-refractivity contribution in [1.82, 2.24) is 0 Å². The lowest BCUT2D eigenvalue weighted by Crippen LogP contribution is -2.35. The topological polar surface area (TPSA) is 50.4 Å². The van der Waals surface area contributed by atoms with Crippen LogP contribution in [0.4, 0.5) is 11.4 Å². The van der Waals surface area contributed by atoms with Gasteiger partial charge in [-0.1, -0.05) is 48.5 Å². The number of benzene rings is 4. The molecule has 2 fully saturated rings. The van der Waals surface area contributed by atoms with E-state index in [-0.39, 0.29) is 5.91 Å². The molecule has 1 amide bonds. The average Bonchev–Trinajstić information content (AvgIpc) is 3.58. The Morgan fingerprint density at radius 2 is 1.49 bits per heavy atom. The first-order valence-corrected chi connectivity index (χ1v) is 13.3. The molecule has 184 valence electrons. The molecule has 4 heteroatoms. The summed E-state index contributed by atoms with van der Waals surface area (Å²) in [6.45, 7) is 0. The fourth-order valence-corrected chi connectivity index (χ4v) is 7.05. The van der Waals surface area contributed by atoms with Crippen molar-refractivity contribution in [2.45, 2.75) is 31.2 Å². The first-order valence-electron chi connectivity index (χ1n) is 13.3. The van der Waals surface area contributed by atoms with Gasteiger partial charge in [0.1, 0.15) is 11.5 Å². The van der Waals surface area contributed by atoms with Crippen molar-refractivity contribution in [3.8, 4) is 11.5 Å². The molecular formula is C33H30N2O2. The molecule has 2 bridgehead atoms. The molecule has 0 aromatic heterocycles. The number of nitrogens with one attached hydrogen (secondary N) is 2. The second kappa shape index (κ2) is 9.11. The number of carbonyl (C=O) groups is 1. The average molecular weight is 487 g/mol. The second-order valence-corrected chi connectivity index (χ2v) is 10.7. The SMILES string of the molecule is O=C(Nc1ccc(Oc2ccccc2)cc1)c1ccc2c(c1)[C@@H]1[C@H]3CC[C@@H](C3)[C@H]1[C@H](c1ccccc1)N2. The largest absolute Gasteiger partial charge is 0.457 e. The molecule has 4 aromatic carbocycles. The number of carbonyl (C=O) groups excluding carboxylic acids is 1. The molecule has 4 aromatic rings. The Bertz CT molecular complexity index is 1420. The molecule has 1 aliphatic heterocycles. The number of hydrogen-bond donors (Lipinski definition) is 2. The summed E-state index contributed by atoms with van der Waals surface area (Å²) < 4.78 is 5.87. The highest BCUT2D eigenvalue weighted by Crippen LogP contribution is 2.63. The van der Waals surface area contributed by atoms with Crippen LogP contribution in [0.5, 0.6) is 11.5 Å². The Hall–Kier alpha value is -4.05. The summed E-state index contributed by atoms with van der Waals surface area (Å²) >= 11 is 0. The van der Waals surface area contributed by atoms with Gasteiger partial charge in [-0.15, -0.1) is 0 Å². The molecule has 0 spiro atoms. The smallest absolute Gasteiger partial charge is 0.255 e. The third kappa shape index (κ3) is 4.07. The van der Waals surface area contributed by atoms with Gasteiger partial charge in [0.25, 0.3) is 5.91 Å². The van der Waals surface area contributed by atoms with Crippen LogP contribution in [-0.2, 0) is 0 Å². The quantitative estimate of drug-likeness (QED) is 0.300. The highest BCUT2D eigenvalue weighted by atomic mass is 16.5. The first kappa shape index (κ1) is 22.2. The van der Waals surface area contributed by atoms with Crippen molar-refractivity contribution in [2.75, 3.05) is 10.6 Å². The lowest BCUT2D eigenvalue weighted by molar-refractivity contribution is 0.102. The molecule has 1 heterocycles. The van der Waals surface area contributed by atoms with Crippen molar-refractivity contribution >= 4 is 17.3 Å². The van der Waals surface area contributed by atoms with Crippen LogP contribution in [0.15, 0.2) is 103 Å². The Morgan fingerprint density at radius 3 is 2.27 bits per heavy atom. The monoisotopic (exact) mass is 486 g/mol. The van der Waals surface area contributed by atoms with Gasteiger partial charge in [0, 0.05) is 16.9 Å². The van der Waals surface area contributed by atoms with E-state index in [9.17, 15) is 4.79 Å². The zero-order valence-electron chi connectivity index (χ0n) is 20.6. The fraction of sp³-hybridized carbons (Fsp3) is 0.242. The summed E-state index contributed by atoms with van der Waals surface area (Å²) in [6.07, 6.45) is 3.95. The van der Waals surface area contributed by atoms with E-state index in [1.807, 2.05) is 60.7 Å². The number of para-hydroxylation sites is 1. The van der Waals surface area contributed by atoms with Crippen molar-refractivity contribution in [2.24, 2.45) is 17.8 Å². The van der Waals surface area contributed by atoms with Crippen molar-refractivity contribution < 1.29 is 9.53 Å². The third-order valence-corrected chi connectivity index (χ3v) is 8.60. The number of ether oxygens (including phenoxy) is 1. The van der Waals surface area contributed by atoms with E-state index in [0.29, 0.717) is 23.4 Å². The number of anilines is 2. The minimum atomic E-state index is -0.0792. The molecule has 3 aliphatic rings. The zero-order valence-corrected chi connectivity index (χ0v) is 20.6. The molecule has 0 saturated heterocycles. The summed E-state index contributed by atoms with van der Waals surface area (Å²) in [4.78, 5) is 13.3. The summed E-state index contributed by atoms with van der Waals surface area (Å²) in [6, 6.07) is 34.6. The van der Waals surface area contributed by atoms with Gasteiger partial charge < -0.3 is 15.4 Å². The van der Waals surface area contributed by atoms with E-state index in [1.54, 1.807) is 0 Å². The summed E-state index contributed by atoms with van der Waals surface area (Å²) in [7, 11) is 0. The summed E-state index contributed by atoms with van der Waals surface area (Å²) in [5.41, 5.74) is 5.34. The third-order valence-electron chi connectivity index (χ3n) is 8.60. The van der Waals surface area contributed by atoms with Gasteiger partial charge in [-0.3, -0.25) is 4.79 Å². The van der Waals surface area contributed by atoms with Gasteiger partial charge in [0.05, 0.1) is 6.04 Å². The lowest BCUT2D eigenvalue weighted by Gasteiger charge is -2.43. The van der Waals surface area contributed by atoms with E-state index in [0.717, 1.165) is 29.0 Å². The molecule has 2 saturated carbocycles. The molecule has 37 heavy (non-hydrogen) atoms. The highest BCUT2D eigenvalue weighted by Gasteiger charge is 2.53. The van der Waals surface area contributed by atoms with Crippen LogP contribution in [0.1, 0.15) is 52.7 Å². The van der Waals surface area contributed by atoms with Crippen LogP contribution in [0.2, 0.25) is 0 Å². The van der Waals surface area contributed by atoms with E-state index in [1.165, 1.54) is 36.1 Å². The van der Waals surface area contributed by atoms with Crippen LogP contribution in [0.25, 0.3) is 0 Å². The summed E-state index contributed by atoms with van der Waals surface area (Å²) in [5.74, 6) is 4.03. The fourth-order valence-electron chi connectivity index (χ4n) is 7.05. The molecule has 2 N–H and O–H groups in total. The maximum Gasteiger partial charge on any atom is 0.255 e. The van der Waals surface area contributed by atoms with E-state index in [2.05, 4.69) is 53.1 Å². The number of fused-ring (bicyclic) bond motifs is 7. The van der Waals surface area contributed by atoms with Gasteiger partial charge >= 0.3 is 0 Å². The van der Waals surface area contributed by atoms with Crippen molar-refractivity contribution in [3.05, 3.63) is 120 Å². The number of amides is 1. The number of rotatable bonds is 5. The van der Waals surface area contributed by atoms with Gasteiger partial charge in [-0.05, 0) is 109 Å². The van der Waals surface area contributed by atoms with Crippen molar-refractivity contribution in [1.29, 1.82) is 0 Å². The molecule has 2 aliphatic carbocycles. The van der Waals surface area contributed by atoms with Crippen LogP contribution < -0.4 is 15.4 Å². The summed E-state index contributed by atoms with van der Waals surface area (Å²) in [5, 5.41) is 6.94. The Labute approximate surface area is 217 Å². The first-order chi connectivity index (χ1) is 18.2. The van der Waals surface area contributed by atoms with Crippen LogP contribution >= 0.6 is 0 Å².